The maximum absolute atomic E-state index is 13.0. The van der Waals surface area contributed by atoms with E-state index in [9.17, 15) is 12.8 Å². The highest BCUT2D eigenvalue weighted by Crippen LogP contribution is 2.24. The molecule has 0 heterocycles. The molecular weight excluding hydrogens is 267 g/mol. The summed E-state index contributed by atoms with van der Waals surface area (Å²) in [7, 11) is -0.601. The first kappa shape index (κ1) is 14.4. The van der Waals surface area contributed by atoms with E-state index in [1.165, 1.54) is 13.1 Å². The highest BCUT2D eigenvalue weighted by Gasteiger charge is 2.23. The quantitative estimate of drug-likeness (QED) is 0.885. The summed E-state index contributed by atoms with van der Waals surface area (Å²) in [5, 5.41) is 2.85. The van der Waals surface area contributed by atoms with Gasteiger partial charge in [-0.05, 0) is 25.2 Å². The molecule has 0 fully saturated rings. The van der Waals surface area contributed by atoms with Gasteiger partial charge in [0.15, 0.2) is 0 Å². The van der Waals surface area contributed by atoms with Crippen LogP contribution < -0.4 is 5.32 Å². The molecule has 0 atom stereocenters. The first-order chi connectivity index (χ1) is 7.89. The van der Waals surface area contributed by atoms with Crippen LogP contribution in [0, 0.1) is 5.82 Å². The van der Waals surface area contributed by atoms with Gasteiger partial charge in [-0.15, -0.1) is 0 Å². The molecule has 1 N–H and O–H groups in total. The molecule has 1 aromatic rings. The molecule has 0 aliphatic rings. The van der Waals surface area contributed by atoms with Crippen LogP contribution in [0.2, 0.25) is 5.02 Å². The Morgan fingerprint density at radius 3 is 2.71 bits per heavy atom. The lowest BCUT2D eigenvalue weighted by Crippen LogP contribution is -2.33. The molecule has 0 radical (unpaired) electrons. The van der Waals surface area contributed by atoms with Crippen LogP contribution in [0.3, 0.4) is 0 Å². The molecule has 4 nitrogen and oxygen atoms in total. The topological polar surface area (TPSA) is 49.4 Å². The largest absolute Gasteiger partial charge is 0.318 e. The molecule has 0 aromatic heterocycles. The molecule has 0 saturated carbocycles. The van der Waals surface area contributed by atoms with Crippen LogP contribution in [0.15, 0.2) is 23.1 Å². The number of likely N-dealkylation sites (N-methyl/N-ethyl adjacent to an activating group) is 2. The maximum atomic E-state index is 13.0. The van der Waals surface area contributed by atoms with Gasteiger partial charge in [0.25, 0.3) is 0 Å². The van der Waals surface area contributed by atoms with Gasteiger partial charge < -0.3 is 5.32 Å². The van der Waals surface area contributed by atoms with Crippen molar-refractivity contribution >= 4 is 21.6 Å². The van der Waals surface area contributed by atoms with Gasteiger partial charge in [0, 0.05) is 20.1 Å². The van der Waals surface area contributed by atoms with E-state index in [-0.39, 0.29) is 16.5 Å². The summed E-state index contributed by atoms with van der Waals surface area (Å²) in [6.45, 7) is 0.786. The SMILES string of the molecule is CNCCN(C)S(=O)(=O)c1cc(F)ccc1Cl. The lowest BCUT2D eigenvalue weighted by molar-refractivity contribution is 0.465. The third-order valence-corrected chi connectivity index (χ3v) is 4.60. The second-order valence-corrected chi connectivity index (χ2v) is 5.93. The lowest BCUT2D eigenvalue weighted by Gasteiger charge is -2.17. The van der Waals surface area contributed by atoms with Crippen molar-refractivity contribution in [1.82, 2.24) is 9.62 Å². The zero-order chi connectivity index (χ0) is 13.1. The molecule has 1 rings (SSSR count). The fourth-order valence-electron chi connectivity index (χ4n) is 1.23. The summed E-state index contributed by atoms with van der Waals surface area (Å²) in [6.07, 6.45) is 0. The molecule has 0 spiro atoms. The van der Waals surface area contributed by atoms with E-state index >= 15 is 0 Å². The molecule has 0 aliphatic heterocycles. The number of hydrogen-bond acceptors (Lipinski definition) is 3. The predicted octanol–water partition coefficient (Wildman–Crippen LogP) is 1.32. The minimum Gasteiger partial charge on any atom is -0.318 e. The smallest absolute Gasteiger partial charge is 0.244 e. The Morgan fingerprint density at radius 1 is 1.47 bits per heavy atom. The summed E-state index contributed by atoms with van der Waals surface area (Å²) >= 11 is 5.77. The minimum atomic E-state index is -3.74. The van der Waals surface area contributed by atoms with Gasteiger partial charge in [-0.2, -0.15) is 4.31 Å². The third-order valence-electron chi connectivity index (χ3n) is 2.26. The molecule has 0 unspecified atom stereocenters. The molecule has 7 heteroatoms. The van der Waals surface area contributed by atoms with Crippen LogP contribution >= 0.6 is 11.6 Å². The second-order valence-electron chi connectivity index (χ2n) is 3.50. The summed E-state index contributed by atoms with van der Waals surface area (Å²) in [4.78, 5) is -0.210. The van der Waals surface area contributed by atoms with Crippen molar-refractivity contribution in [3.8, 4) is 0 Å². The van der Waals surface area contributed by atoms with Crippen LogP contribution in [-0.2, 0) is 10.0 Å². The van der Waals surface area contributed by atoms with Crippen molar-refractivity contribution in [2.24, 2.45) is 0 Å². The predicted molar refractivity (Wildman–Crippen MR) is 65.2 cm³/mol. The van der Waals surface area contributed by atoms with Crippen LogP contribution in [-0.4, -0.2) is 39.9 Å². The average molecular weight is 281 g/mol. The maximum Gasteiger partial charge on any atom is 0.244 e. The van der Waals surface area contributed by atoms with E-state index in [2.05, 4.69) is 5.32 Å². The summed E-state index contributed by atoms with van der Waals surface area (Å²) in [5.74, 6) is -0.630. The zero-order valence-corrected chi connectivity index (χ0v) is 11.1. The van der Waals surface area contributed by atoms with Crippen LogP contribution in [0.5, 0.6) is 0 Å². The van der Waals surface area contributed by atoms with E-state index in [0.717, 1.165) is 16.4 Å². The van der Waals surface area contributed by atoms with E-state index in [0.29, 0.717) is 6.54 Å². The minimum absolute atomic E-state index is 0.0164. The summed E-state index contributed by atoms with van der Waals surface area (Å²) in [5.41, 5.74) is 0. The van der Waals surface area contributed by atoms with Gasteiger partial charge in [-0.3, -0.25) is 0 Å². The van der Waals surface area contributed by atoms with Crippen molar-refractivity contribution in [1.29, 1.82) is 0 Å². The normalized spacial score (nSPS) is 12.1. The van der Waals surface area contributed by atoms with Gasteiger partial charge >= 0.3 is 0 Å². The van der Waals surface area contributed by atoms with Crippen molar-refractivity contribution in [3.05, 3.63) is 29.0 Å². The number of nitrogens with zero attached hydrogens (tertiary/aromatic N) is 1. The summed E-state index contributed by atoms with van der Waals surface area (Å²) < 4.78 is 38.3. The van der Waals surface area contributed by atoms with E-state index < -0.39 is 15.8 Å². The molecule has 0 aliphatic carbocycles. The van der Waals surface area contributed by atoms with E-state index in [4.69, 9.17) is 11.6 Å². The Balaban J connectivity index is 3.08. The van der Waals surface area contributed by atoms with Crippen molar-refractivity contribution in [2.45, 2.75) is 4.90 Å². The number of hydrogen-bond donors (Lipinski definition) is 1. The van der Waals surface area contributed by atoms with Crippen molar-refractivity contribution in [2.75, 3.05) is 27.2 Å². The fraction of sp³-hybridized carbons (Fsp3) is 0.400. The van der Waals surface area contributed by atoms with Crippen molar-refractivity contribution in [3.63, 3.8) is 0 Å². The number of rotatable bonds is 5. The Kier molecular flexibility index (Phi) is 4.88. The molecule has 96 valence electrons. The highest BCUT2D eigenvalue weighted by molar-refractivity contribution is 7.89. The van der Waals surface area contributed by atoms with Gasteiger partial charge in [-0.25, -0.2) is 12.8 Å². The van der Waals surface area contributed by atoms with Crippen LogP contribution in [0.25, 0.3) is 0 Å². The van der Waals surface area contributed by atoms with Gasteiger partial charge in [0.1, 0.15) is 10.7 Å². The van der Waals surface area contributed by atoms with E-state index in [1.54, 1.807) is 7.05 Å². The second kappa shape index (κ2) is 5.77. The average Bonchev–Trinajstić information content (AvgIpc) is 2.28. The molecule has 0 bridgehead atoms. The molecule has 0 saturated heterocycles. The lowest BCUT2D eigenvalue weighted by atomic mass is 10.3. The first-order valence-corrected chi connectivity index (χ1v) is 6.77. The zero-order valence-electron chi connectivity index (χ0n) is 9.57. The van der Waals surface area contributed by atoms with Gasteiger partial charge in [-0.1, -0.05) is 11.6 Å². The number of benzene rings is 1. The van der Waals surface area contributed by atoms with Crippen LogP contribution in [0.1, 0.15) is 0 Å². The Labute approximate surface area is 105 Å². The molecular formula is C10H14ClFN2O2S. The van der Waals surface area contributed by atoms with Gasteiger partial charge in [0.2, 0.25) is 10.0 Å². The number of halogens is 2. The summed E-state index contributed by atoms with van der Waals surface area (Å²) in [6, 6.07) is 3.28. The Bertz CT molecular complexity index is 493. The Morgan fingerprint density at radius 2 is 2.12 bits per heavy atom. The molecule has 17 heavy (non-hydrogen) atoms. The molecule has 1 aromatic carbocycles. The first-order valence-electron chi connectivity index (χ1n) is 4.95. The van der Waals surface area contributed by atoms with Gasteiger partial charge in [0.05, 0.1) is 5.02 Å². The fourth-order valence-corrected chi connectivity index (χ4v) is 2.89. The van der Waals surface area contributed by atoms with Crippen molar-refractivity contribution < 1.29 is 12.8 Å². The number of sulfonamides is 1. The Hall–Kier alpha value is -0.690. The van der Waals surface area contributed by atoms with Crippen LogP contribution in [0.4, 0.5) is 4.39 Å². The third kappa shape index (κ3) is 3.38. The monoisotopic (exact) mass is 280 g/mol. The molecule has 0 amide bonds. The number of nitrogens with one attached hydrogen (secondary N) is 1. The van der Waals surface area contributed by atoms with E-state index in [1.807, 2.05) is 0 Å². The highest BCUT2D eigenvalue weighted by atomic mass is 35.5. The standard InChI is InChI=1S/C10H14ClFN2O2S/c1-13-5-6-14(2)17(15,16)10-7-8(12)3-4-9(10)11/h3-4,7,13H,5-6H2,1-2H3.